The van der Waals surface area contributed by atoms with Gasteiger partial charge >= 0.3 is 0 Å². The molecule has 6 N–H and O–H groups in total. The molecule has 0 heterocycles. The summed E-state index contributed by atoms with van der Waals surface area (Å²) in [7, 11) is 0. The predicted molar refractivity (Wildman–Crippen MR) is 123 cm³/mol. The summed E-state index contributed by atoms with van der Waals surface area (Å²) in [4.78, 5) is 24.6. The van der Waals surface area contributed by atoms with Crippen LogP contribution >= 0.6 is 0 Å². The van der Waals surface area contributed by atoms with Crippen molar-refractivity contribution in [3.8, 4) is 5.75 Å². The average Bonchev–Trinajstić information content (AvgIpc) is 2.75. The average molecular weight is 437 g/mol. The van der Waals surface area contributed by atoms with Gasteiger partial charge < -0.3 is 31.5 Å². The van der Waals surface area contributed by atoms with Crippen LogP contribution in [-0.4, -0.2) is 62.4 Å². The summed E-state index contributed by atoms with van der Waals surface area (Å²) < 4.78 is 5.61. The topological polar surface area (TPSA) is 126 Å². The van der Waals surface area contributed by atoms with Crippen LogP contribution in [0.4, 0.5) is 0 Å². The Bertz CT molecular complexity index is 610. The van der Waals surface area contributed by atoms with Gasteiger partial charge in [-0.2, -0.15) is 0 Å². The molecule has 1 aromatic rings. The first kappa shape index (κ1) is 26.9. The van der Waals surface area contributed by atoms with Gasteiger partial charge in [0.05, 0.1) is 0 Å². The number of carbonyl (C=O) groups excluding carboxylic acids is 2. The first-order valence-electron chi connectivity index (χ1n) is 11.4. The maximum absolute atomic E-state index is 12.6. The van der Waals surface area contributed by atoms with Crippen molar-refractivity contribution in [1.82, 2.24) is 16.0 Å². The van der Waals surface area contributed by atoms with Gasteiger partial charge in [-0.25, -0.2) is 0 Å². The van der Waals surface area contributed by atoms with Crippen molar-refractivity contribution in [2.24, 2.45) is 5.73 Å². The number of phenolic OH excluding ortho intramolecular Hbond substituents is 1. The number of amides is 2. The lowest BCUT2D eigenvalue weighted by molar-refractivity contribution is -0.129. The summed E-state index contributed by atoms with van der Waals surface area (Å²) in [6.07, 6.45) is 5.26. The number of phenols is 1. The Kier molecular flexibility index (Phi) is 15.2. The molecule has 2 amide bonds. The summed E-state index contributed by atoms with van der Waals surface area (Å²) in [5.74, 6) is -0.175. The molecule has 8 heteroatoms. The van der Waals surface area contributed by atoms with Crippen LogP contribution in [0.2, 0.25) is 0 Å². The van der Waals surface area contributed by atoms with E-state index >= 15 is 0 Å². The zero-order valence-corrected chi connectivity index (χ0v) is 18.8. The second-order valence-corrected chi connectivity index (χ2v) is 7.60. The monoisotopic (exact) mass is 436 g/mol. The SMILES string of the molecule is CCCC(=O)N[C@@H](Cc1ccc(O)cc1)C(=O)NCCCOCCCCNCCCN. The summed E-state index contributed by atoms with van der Waals surface area (Å²) in [5, 5.41) is 18.5. The zero-order valence-electron chi connectivity index (χ0n) is 18.8. The zero-order chi connectivity index (χ0) is 22.7. The minimum absolute atomic E-state index is 0.137. The second-order valence-electron chi connectivity index (χ2n) is 7.60. The van der Waals surface area contributed by atoms with E-state index in [1.54, 1.807) is 24.3 Å². The summed E-state index contributed by atoms with van der Waals surface area (Å²) >= 11 is 0. The van der Waals surface area contributed by atoms with Crippen molar-refractivity contribution in [2.75, 3.05) is 39.4 Å². The summed E-state index contributed by atoms with van der Waals surface area (Å²) in [6, 6.07) is 6.01. The molecule has 0 saturated heterocycles. The number of hydrogen-bond donors (Lipinski definition) is 5. The smallest absolute Gasteiger partial charge is 0.242 e. The van der Waals surface area contributed by atoms with Gasteiger partial charge in [0, 0.05) is 32.6 Å². The van der Waals surface area contributed by atoms with Gasteiger partial charge in [-0.1, -0.05) is 19.1 Å². The number of unbranched alkanes of at least 4 members (excludes halogenated alkanes) is 1. The molecule has 31 heavy (non-hydrogen) atoms. The highest BCUT2D eigenvalue weighted by Gasteiger charge is 2.20. The van der Waals surface area contributed by atoms with Gasteiger partial charge in [0.2, 0.25) is 11.8 Å². The lowest BCUT2D eigenvalue weighted by Gasteiger charge is -2.19. The predicted octanol–water partition coefficient (Wildman–Crippen LogP) is 1.46. The third-order valence-electron chi connectivity index (χ3n) is 4.72. The molecule has 8 nitrogen and oxygen atoms in total. The number of hydrogen-bond acceptors (Lipinski definition) is 6. The van der Waals surface area contributed by atoms with Crippen LogP contribution in [0.15, 0.2) is 24.3 Å². The third kappa shape index (κ3) is 13.7. The molecule has 1 atom stereocenters. The number of benzene rings is 1. The first-order valence-corrected chi connectivity index (χ1v) is 11.4. The van der Waals surface area contributed by atoms with Gasteiger partial charge in [-0.3, -0.25) is 9.59 Å². The van der Waals surface area contributed by atoms with Crippen molar-refractivity contribution in [1.29, 1.82) is 0 Å². The highest BCUT2D eigenvalue weighted by Crippen LogP contribution is 2.11. The minimum atomic E-state index is -0.642. The Hall–Kier alpha value is -2.16. The third-order valence-corrected chi connectivity index (χ3v) is 4.72. The van der Waals surface area contributed by atoms with Gasteiger partial charge in [-0.15, -0.1) is 0 Å². The van der Waals surface area contributed by atoms with Gasteiger partial charge in [-0.05, 0) is 69.4 Å². The largest absolute Gasteiger partial charge is 0.508 e. The number of rotatable bonds is 18. The Morgan fingerprint density at radius 1 is 1.03 bits per heavy atom. The fraction of sp³-hybridized carbons (Fsp3) is 0.652. The van der Waals surface area contributed by atoms with E-state index in [4.69, 9.17) is 10.5 Å². The highest BCUT2D eigenvalue weighted by molar-refractivity contribution is 5.87. The molecule has 0 aromatic heterocycles. The van der Waals surface area contributed by atoms with E-state index in [0.29, 0.717) is 32.6 Å². The second kappa shape index (κ2) is 17.5. The van der Waals surface area contributed by atoms with Crippen molar-refractivity contribution >= 4 is 11.8 Å². The molecule has 0 bridgehead atoms. The Morgan fingerprint density at radius 2 is 1.74 bits per heavy atom. The van der Waals surface area contributed by atoms with Crippen LogP contribution in [0.5, 0.6) is 5.75 Å². The van der Waals surface area contributed by atoms with Crippen molar-refractivity contribution < 1.29 is 19.4 Å². The molecule has 0 aliphatic heterocycles. The number of nitrogens with one attached hydrogen (secondary N) is 3. The fourth-order valence-electron chi connectivity index (χ4n) is 2.99. The molecular weight excluding hydrogens is 396 g/mol. The Labute approximate surface area is 186 Å². The quantitative estimate of drug-likeness (QED) is 0.222. The molecule has 0 unspecified atom stereocenters. The van der Waals surface area contributed by atoms with E-state index in [9.17, 15) is 14.7 Å². The molecule has 1 rings (SSSR count). The number of carbonyl (C=O) groups is 2. The summed E-state index contributed by atoms with van der Waals surface area (Å²) in [6.45, 7) is 6.38. The van der Waals surface area contributed by atoms with E-state index < -0.39 is 6.04 Å². The van der Waals surface area contributed by atoms with E-state index in [-0.39, 0.29) is 17.6 Å². The van der Waals surface area contributed by atoms with Crippen LogP contribution in [0, 0.1) is 0 Å². The molecule has 176 valence electrons. The van der Waals surface area contributed by atoms with E-state index in [1.807, 2.05) is 6.92 Å². The fourth-order valence-corrected chi connectivity index (χ4v) is 2.99. The minimum Gasteiger partial charge on any atom is -0.508 e. The number of nitrogens with two attached hydrogens (primary N) is 1. The Balaban J connectivity index is 2.25. The van der Waals surface area contributed by atoms with Crippen LogP contribution in [0.25, 0.3) is 0 Å². The highest BCUT2D eigenvalue weighted by atomic mass is 16.5. The van der Waals surface area contributed by atoms with Crippen LogP contribution in [0.3, 0.4) is 0 Å². The number of aromatic hydroxyl groups is 1. The normalized spacial score (nSPS) is 11.8. The van der Waals surface area contributed by atoms with Crippen molar-refractivity contribution in [2.45, 2.75) is 57.9 Å². The summed E-state index contributed by atoms with van der Waals surface area (Å²) in [5.41, 5.74) is 6.31. The molecular formula is C23H40N4O4. The molecule has 0 saturated carbocycles. The molecule has 0 radical (unpaired) electrons. The molecule has 0 fully saturated rings. The molecule has 1 aromatic carbocycles. The van der Waals surface area contributed by atoms with Gasteiger partial charge in [0.15, 0.2) is 0 Å². The lowest BCUT2D eigenvalue weighted by atomic mass is 10.0. The van der Waals surface area contributed by atoms with Gasteiger partial charge in [0.1, 0.15) is 11.8 Å². The first-order chi connectivity index (χ1) is 15.1. The standard InChI is InChI=1S/C23H40N4O4/c1-2-7-22(29)27-21(18-19-8-10-20(28)11-9-19)23(30)26-15-6-17-31-16-4-3-13-25-14-5-12-24/h8-11,21,25,28H,2-7,12-18,24H2,1H3,(H,26,30)(H,27,29)/t21-/m0/s1. The lowest BCUT2D eigenvalue weighted by Crippen LogP contribution is -2.48. The van der Waals surface area contributed by atoms with Crippen molar-refractivity contribution in [3.05, 3.63) is 29.8 Å². The van der Waals surface area contributed by atoms with Gasteiger partial charge in [0.25, 0.3) is 0 Å². The number of ether oxygens (including phenoxy) is 1. The Morgan fingerprint density at radius 3 is 2.45 bits per heavy atom. The maximum Gasteiger partial charge on any atom is 0.242 e. The van der Waals surface area contributed by atoms with E-state index in [0.717, 1.165) is 57.3 Å². The van der Waals surface area contributed by atoms with Crippen molar-refractivity contribution in [3.63, 3.8) is 0 Å². The maximum atomic E-state index is 12.6. The van der Waals surface area contributed by atoms with E-state index in [2.05, 4.69) is 16.0 Å². The van der Waals surface area contributed by atoms with E-state index in [1.165, 1.54) is 0 Å². The molecule has 0 spiro atoms. The van der Waals surface area contributed by atoms with Crippen LogP contribution < -0.4 is 21.7 Å². The van der Waals surface area contributed by atoms with Crippen LogP contribution in [-0.2, 0) is 20.7 Å². The molecule has 0 aliphatic rings. The van der Waals surface area contributed by atoms with Crippen LogP contribution in [0.1, 0.15) is 51.0 Å². The molecule has 0 aliphatic carbocycles.